The molecule has 1 aromatic rings. The summed E-state index contributed by atoms with van der Waals surface area (Å²) in [5.41, 5.74) is 0.791. The number of hydrogen-bond donors (Lipinski definition) is 1. The van der Waals surface area contributed by atoms with Crippen molar-refractivity contribution in [1.29, 1.82) is 0 Å². The minimum Gasteiger partial charge on any atom is -0.324 e. The highest BCUT2D eigenvalue weighted by Crippen LogP contribution is 2.08. The summed E-state index contributed by atoms with van der Waals surface area (Å²) in [5, 5.41) is 3.16. The van der Waals surface area contributed by atoms with Gasteiger partial charge in [-0.2, -0.15) is 9.97 Å². The first-order valence-corrected chi connectivity index (χ1v) is 5.14. The summed E-state index contributed by atoms with van der Waals surface area (Å²) in [6.45, 7) is 7.37. The third kappa shape index (κ3) is 3.82. The molecule has 0 aliphatic rings. The molecular formula is C11H13ClN4. The van der Waals surface area contributed by atoms with E-state index < -0.39 is 0 Å². The van der Waals surface area contributed by atoms with Gasteiger partial charge in [0, 0.05) is 5.70 Å². The van der Waals surface area contributed by atoms with Crippen LogP contribution in [-0.4, -0.2) is 15.0 Å². The summed E-state index contributed by atoms with van der Waals surface area (Å²) in [6, 6.07) is 0. The largest absolute Gasteiger partial charge is 0.324 e. The summed E-state index contributed by atoms with van der Waals surface area (Å²) in [4.78, 5) is 11.9. The van der Waals surface area contributed by atoms with Crippen LogP contribution in [0.15, 0.2) is 36.6 Å². The third-order valence-corrected chi connectivity index (χ3v) is 1.83. The molecule has 0 radical (unpaired) electrons. The van der Waals surface area contributed by atoms with E-state index in [2.05, 4.69) is 26.8 Å². The molecule has 1 aromatic heterocycles. The van der Waals surface area contributed by atoms with Crippen LogP contribution >= 0.6 is 11.6 Å². The molecule has 0 spiro atoms. The van der Waals surface area contributed by atoms with Gasteiger partial charge in [-0.3, -0.25) is 0 Å². The maximum atomic E-state index is 5.72. The molecule has 0 aliphatic carbocycles. The van der Waals surface area contributed by atoms with Crippen molar-refractivity contribution in [1.82, 2.24) is 15.0 Å². The molecule has 4 nitrogen and oxygen atoms in total. The minimum absolute atomic E-state index is 0.171. The van der Waals surface area contributed by atoms with Crippen LogP contribution in [0.3, 0.4) is 0 Å². The maximum absolute atomic E-state index is 5.72. The molecule has 0 amide bonds. The molecule has 84 valence electrons. The van der Waals surface area contributed by atoms with E-state index in [1.807, 2.05) is 25.2 Å². The Morgan fingerprint density at radius 2 is 2.12 bits per heavy atom. The zero-order chi connectivity index (χ0) is 12.0. The molecule has 0 atom stereocenters. The zero-order valence-electron chi connectivity index (χ0n) is 9.24. The van der Waals surface area contributed by atoms with Crippen LogP contribution < -0.4 is 5.32 Å². The molecule has 0 fully saturated rings. The van der Waals surface area contributed by atoms with Crippen molar-refractivity contribution in [2.45, 2.75) is 13.8 Å². The summed E-state index contributed by atoms with van der Waals surface area (Å²) >= 11 is 5.72. The quantitative estimate of drug-likeness (QED) is 0.817. The summed E-state index contributed by atoms with van der Waals surface area (Å²) in [6.07, 6.45) is 7.34. The van der Waals surface area contributed by atoms with Crippen molar-refractivity contribution < 1.29 is 0 Å². The van der Waals surface area contributed by atoms with E-state index in [9.17, 15) is 0 Å². The lowest BCUT2D eigenvalue weighted by Crippen LogP contribution is -2.04. The highest BCUT2D eigenvalue weighted by Gasteiger charge is 2.01. The van der Waals surface area contributed by atoms with E-state index in [1.165, 1.54) is 0 Å². The van der Waals surface area contributed by atoms with Gasteiger partial charge in [-0.15, -0.1) is 0 Å². The highest BCUT2D eigenvalue weighted by atomic mass is 35.5. The van der Waals surface area contributed by atoms with E-state index in [0.717, 1.165) is 5.70 Å². The van der Waals surface area contributed by atoms with Crippen molar-refractivity contribution in [2.75, 3.05) is 5.32 Å². The molecule has 1 rings (SSSR count). The monoisotopic (exact) mass is 236 g/mol. The molecule has 0 saturated carbocycles. The topological polar surface area (TPSA) is 50.7 Å². The summed E-state index contributed by atoms with van der Waals surface area (Å²) in [5.74, 6) is 0.977. The van der Waals surface area contributed by atoms with Crippen molar-refractivity contribution in [3.63, 3.8) is 0 Å². The second-order valence-corrected chi connectivity index (χ2v) is 3.29. The summed E-state index contributed by atoms with van der Waals surface area (Å²) < 4.78 is 0. The Bertz CT molecular complexity index is 417. The Kier molecular flexibility index (Phi) is 4.66. The van der Waals surface area contributed by atoms with Crippen LogP contribution in [0.4, 0.5) is 5.95 Å². The molecule has 1 heterocycles. The Morgan fingerprint density at radius 3 is 2.69 bits per heavy atom. The van der Waals surface area contributed by atoms with Gasteiger partial charge >= 0.3 is 0 Å². The highest BCUT2D eigenvalue weighted by molar-refractivity contribution is 6.28. The van der Waals surface area contributed by atoms with E-state index in [4.69, 9.17) is 11.6 Å². The predicted octanol–water partition coefficient (Wildman–Crippen LogP) is 2.89. The van der Waals surface area contributed by atoms with Gasteiger partial charge in [0.1, 0.15) is 5.82 Å². The van der Waals surface area contributed by atoms with Crippen molar-refractivity contribution in [2.24, 2.45) is 0 Å². The summed E-state index contributed by atoms with van der Waals surface area (Å²) in [7, 11) is 0. The fraction of sp³-hybridized carbons (Fsp3) is 0.182. The molecule has 0 aromatic carbocycles. The molecule has 16 heavy (non-hydrogen) atoms. The molecule has 0 saturated heterocycles. The van der Waals surface area contributed by atoms with E-state index in [-0.39, 0.29) is 5.28 Å². The van der Waals surface area contributed by atoms with Crippen LogP contribution in [-0.2, 0) is 0 Å². The minimum atomic E-state index is 0.171. The van der Waals surface area contributed by atoms with Gasteiger partial charge in [-0.1, -0.05) is 18.7 Å². The van der Waals surface area contributed by atoms with Gasteiger partial charge in [0.2, 0.25) is 11.2 Å². The van der Waals surface area contributed by atoms with Crippen molar-refractivity contribution in [3.8, 4) is 0 Å². The third-order valence-electron chi connectivity index (χ3n) is 1.66. The van der Waals surface area contributed by atoms with Gasteiger partial charge in [0.05, 0.1) is 0 Å². The number of rotatable bonds is 4. The number of nitrogens with zero attached hydrogens (tertiary/aromatic N) is 3. The van der Waals surface area contributed by atoms with Crippen LogP contribution in [0.5, 0.6) is 0 Å². The van der Waals surface area contributed by atoms with Crippen molar-refractivity contribution >= 4 is 17.5 Å². The zero-order valence-corrected chi connectivity index (χ0v) is 9.99. The van der Waals surface area contributed by atoms with E-state index in [0.29, 0.717) is 11.8 Å². The fourth-order valence-corrected chi connectivity index (χ4v) is 1.20. The first-order valence-electron chi connectivity index (χ1n) is 4.76. The number of hydrogen-bond acceptors (Lipinski definition) is 4. The number of aromatic nitrogens is 3. The van der Waals surface area contributed by atoms with E-state index >= 15 is 0 Å². The number of anilines is 1. The first-order chi connectivity index (χ1) is 7.65. The average molecular weight is 237 g/mol. The number of halogens is 1. The van der Waals surface area contributed by atoms with Gasteiger partial charge in [-0.05, 0) is 37.6 Å². The predicted molar refractivity (Wildman–Crippen MR) is 66.3 cm³/mol. The smallest absolute Gasteiger partial charge is 0.231 e. The lowest BCUT2D eigenvalue weighted by Gasteiger charge is -2.05. The Balaban J connectivity index is 2.89. The Hall–Kier alpha value is -1.68. The second kappa shape index (κ2) is 6.02. The average Bonchev–Trinajstić information content (AvgIpc) is 2.22. The lowest BCUT2D eigenvalue weighted by molar-refractivity contribution is 0.979. The Labute approximate surface area is 99.8 Å². The van der Waals surface area contributed by atoms with Gasteiger partial charge in [-0.25, -0.2) is 4.98 Å². The normalized spacial score (nSPS) is 11.8. The van der Waals surface area contributed by atoms with Crippen LogP contribution in [0.1, 0.15) is 12.7 Å². The Morgan fingerprint density at radius 1 is 1.38 bits per heavy atom. The molecule has 0 unspecified atom stereocenters. The lowest BCUT2D eigenvalue weighted by atomic mass is 10.3. The maximum Gasteiger partial charge on any atom is 0.231 e. The molecular weight excluding hydrogens is 224 g/mol. The van der Waals surface area contributed by atoms with Crippen LogP contribution in [0, 0.1) is 6.92 Å². The number of aryl methyl sites for hydroxylation is 1. The molecule has 5 heteroatoms. The standard InChI is InChI=1S/C11H13ClN4/c1-4-6-7-9(5-2)15-11-14-8(3)13-10(12)16-11/h4-7H,2H2,1,3H3,(H,13,14,15,16)/b6-4-,9-7+. The van der Waals surface area contributed by atoms with E-state index in [1.54, 1.807) is 13.0 Å². The van der Waals surface area contributed by atoms with Gasteiger partial charge in [0.25, 0.3) is 0 Å². The molecule has 1 N–H and O–H groups in total. The van der Waals surface area contributed by atoms with Crippen molar-refractivity contribution in [3.05, 3.63) is 47.7 Å². The molecule has 0 bridgehead atoms. The van der Waals surface area contributed by atoms with Crippen LogP contribution in [0.2, 0.25) is 5.28 Å². The SMILES string of the molecule is C=C/C(=C\C=C/C)Nc1nc(C)nc(Cl)n1. The van der Waals surface area contributed by atoms with Gasteiger partial charge in [0.15, 0.2) is 0 Å². The number of nitrogens with one attached hydrogen (secondary N) is 1. The number of allylic oxidation sites excluding steroid dienone is 4. The second-order valence-electron chi connectivity index (χ2n) is 2.95. The van der Waals surface area contributed by atoms with Gasteiger partial charge < -0.3 is 5.32 Å². The molecule has 0 aliphatic heterocycles. The fourth-order valence-electron chi connectivity index (χ4n) is 0.995. The van der Waals surface area contributed by atoms with Crippen LogP contribution in [0.25, 0.3) is 0 Å². The first kappa shape index (κ1) is 12.4.